The quantitative estimate of drug-likeness (QED) is 0.298. The maximum absolute atomic E-state index is 14.3. The summed E-state index contributed by atoms with van der Waals surface area (Å²) in [4.78, 5) is 15.2. The van der Waals surface area contributed by atoms with Gasteiger partial charge in [0.2, 0.25) is 5.82 Å². The fourth-order valence-corrected chi connectivity index (χ4v) is 4.40. The van der Waals surface area contributed by atoms with Gasteiger partial charge >= 0.3 is 12.1 Å². The molecule has 0 bridgehead atoms. The van der Waals surface area contributed by atoms with E-state index in [1.165, 1.54) is 24.3 Å². The van der Waals surface area contributed by atoms with Crippen molar-refractivity contribution in [3.05, 3.63) is 83.8 Å². The third kappa shape index (κ3) is 4.41. The predicted molar refractivity (Wildman–Crippen MR) is 124 cm³/mol. The first-order valence-corrected chi connectivity index (χ1v) is 11.1. The number of carboxylic acid groups (broad SMARTS) is 1. The molecule has 2 heterocycles. The zero-order valence-electron chi connectivity index (χ0n) is 18.7. The fraction of sp³-hybridized carbons (Fsp3) is 0.192. The number of aromatic nitrogens is 3. The molecule has 1 unspecified atom stereocenters. The van der Waals surface area contributed by atoms with E-state index < -0.39 is 29.5 Å². The van der Waals surface area contributed by atoms with Crippen molar-refractivity contribution in [1.82, 2.24) is 14.7 Å². The van der Waals surface area contributed by atoms with Crippen LogP contribution < -0.4 is 0 Å². The van der Waals surface area contributed by atoms with E-state index in [-0.39, 0.29) is 42.2 Å². The second-order valence-electron chi connectivity index (χ2n) is 8.38. The number of rotatable bonds is 6. The first-order chi connectivity index (χ1) is 17.2. The molecule has 0 aliphatic heterocycles. The molecule has 0 saturated carbocycles. The molecule has 0 spiro atoms. The minimum Gasteiger partial charge on any atom is -0.481 e. The molecule has 184 valence electrons. The highest BCUT2D eigenvalue weighted by atomic mass is 19.4. The summed E-state index contributed by atoms with van der Waals surface area (Å²) in [6.45, 7) is 0.277. The molecular weight excluding hydrogens is 478 g/mol. The Morgan fingerprint density at radius 2 is 2.03 bits per heavy atom. The van der Waals surface area contributed by atoms with Crippen molar-refractivity contribution in [3.8, 4) is 22.8 Å². The number of benzene rings is 2. The number of alkyl halides is 3. The molecule has 10 heteroatoms. The molecule has 5 rings (SSSR count). The fourth-order valence-electron chi connectivity index (χ4n) is 4.40. The summed E-state index contributed by atoms with van der Waals surface area (Å²) in [6, 6.07) is 10.7. The summed E-state index contributed by atoms with van der Waals surface area (Å²) in [5.74, 6) is -2.49. The van der Waals surface area contributed by atoms with E-state index in [2.05, 4.69) is 10.1 Å². The average molecular weight is 497 g/mol. The molecule has 2 aromatic carbocycles. The topological polar surface area (TPSA) is 81.1 Å². The Labute approximate surface area is 202 Å². The van der Waals surface area contributed by atoms with Gasteiger partial charge in [-0.15, -0.1) is 0 Å². The van der Waals surface area contributed by atoms with Crippen molar-refractivity contribution < 1.29 is 32.0 Å². The minimum atomic E-state index is -4.71. The lowest BCUT2D eigenvalue weighted by molar-refractivity contribution is -0.138. The monoisotopic (exact) mass is 497 g/mol. The van der Waals surface area contributed by atoms with E-state index in [0.29, 0.717) is 5.56 Å². The van der Waals surface area contributed by atoms with Gasteiger partial charge in [0.15, 0.2) is 0 Å². The van der Waals surface area contributed by atoms with Gasteiger partial charge < -0.3 is 14.2 Å². The zero-order valence-corrected chi connectivity index (χ0v) is 18.7. The molecule has 6 nitrogen and oxygen atoms in total. The molecule has 36 heavy (non-hydrogen) atoms. The van der Waals surface area contributed by atoms with Gasteiger partial charge in [0.05, 0.1) is 12.0 Å². The van der Waals surface area contributed by atoms with Gasteiger partial charge in [-0.2, -0.15) is 18.2 Å². The van der Waals surface area contributed by atoms with E-state index >= 15 is 0 Å². The average Bonchev–Trinajstić information content (AvgIpc) is 3.50. The standard InChI is InChI=1S/C26H19F4N3O3/c27-21-6-2-1-4-17(21)16-9-8-15(14-20(16)26(28,29)30)25-31-24(32-36-25)19-5-3-7-22-18(19)10-12-33(22)13-11-23(34)35/h1-3,5-10,12,14,17H,4,11,13H2,(H,34,35). The van der Waals surface area contributed by atoms with Crippen molar-refractivity contribution >= 4 is 16.9 Å². The van der Waals surface area contributed by atoms with E-state index in [1.54, 1.807) is 35.0 Å². The normalized spacial score (nSPS) is 15.9. The number of fused-ring (bicyclic) bond motifs is 1. The summed E-state index contributed by atoms with van der Waals surface area (Å²) in [5.41, 5.74) is 0.301. The predicted octanol–water partition coefficient (Wildman–Crippen LogP) is 6.75. The number of hydrogen-bond acceptors (Lipinski definition) is 4. The van der Waals surface area contributed by atoms with E-state index in [9.17, 15) is 22.4 Å². The first kappa shape index (κ1) is 23.5. The molecule has 0 radical (unpaired) electrons. The highest BCUT2D eigenvalue weighted by molar-refractivity contribution is 5.94. The number of allylic oxidation sites excluding steroid dienone is 4. The van der Waals surface area contributed by atoms with Crippen molar-refractivity contribution in [2.75, 3.05) is 0 Å². The van der Waals surface area contributed by atoms with Crippen LogP contribution in [0.15, 0.2) is 77.2 Å². The minimum absolute atomic E-state index is 0.0469. The van der Waals surface area contributed by atoms with E-state index in [0.717, 1.165) is 17.0 Å². The first-order valence-electron chi connectivity index (χ1n) is 11.1. The largest absolute Gasteiger partial charge is 0.481 e. The van der Waals surface area contributed by atoms with E-state index in [1.807, 2.05) is 6.07 Å². The maximum Gasteiger partial charge on any atom is 0.416 e. The molecule has 1 aliphatic carbocycles. The van der Waals surface area contributed by atoms with Crippen LogP contribution in [-0.4, -0.2) is 25.8 Å². The summed E-state index contributed by atoms with van der Waals surface area (Å²) < 4.78 is 63.2. The highest BCUT2D eigenvalue weighted by Gasteiger charge is 2.37. The van der Waals surface area contributed by atoms with Crippen LogP contribution in [0.25, 0.3) is 33.7 Å². The summed E-state index contributed by atoms with van der Waals surface area (Å²) >= 11 is 0. The Morgan fingerprint density at radius 1 is 1.19 bits per heavy atom. The SMILES string of the molecule is O=C(O)CCn1ccc2c(-c3noc(-c4ccc(C5CC=CC=C5F)c(C(F)(F)F)c4)n3)cccc21. The van der Waals surface area contributed by atoms with Gasteiger partial charge in [-0.3, -0.25) is 4.79 Å². The number of aliphatic carboxylic acids is 1. The van der Waals surface area contributed by atoms with Crippen LogP contribution in [0.5, 0.6) is 0 Å². The lowest BCUT2D eigenvalue weighted by Gasteiger charge is -2.21. The molecule has 2 aromatic heterocycles. The zero-order chi connectivity index (χ0) is 25.4. The number of aryl methyl sites for hydroxylation is 1. The number of halogens is 4. The Balaban J connectivity index is 1.51. The van der Waals surface area contributed by atoms with Crippen LogP contribution in [0.3, 0.4) is 0 Å². The van der Waals surface area contributed by atoms with Crippen molar-refractivity contribution in [3.63, 3.8) is 0 Å². The molecule has 1 atom stereocenters. The van der Waals surface area contributed by atoms with Crippen molar-refractivity contribution in [2.24, 2.45) is 0 Å². The Bertz CT molecular complexity index is 1510. The van der Waals surface area contributed by atoms with Crippen molar-refractivity contribution in [2.45, 2.75) is 31.5 Å². The Kier molecular flexibility index (Phi) is 5.95. The Hall–Kier alpha value is -4.21. The number of nitrogens with zero attached hydrogens (tertiary/aromatic N) is 3. The summed E-state index contributed by atoms with van der Waals surface area (Å²) in [5, 5.41) is 13.7. The van der Waals surface area contributed by atoms with Gasteiger partial charge in [-0.1, -0.05) is 35.5 Å². The second kappa shape index (κ2) is 9.10. The molecule has 1 aliphatic rings. The third-order valence-electron chi connectivity index (χ3n) is 6.12. The van der Waals surface area contributed by atoms with Crippen LogP contribution in [0.1, 0.15) is 29.9 Å². The van der Waals surface area contributed by atoms with Crippen LogP contribution in [-0.2, 0) is 17.5 Å². The molecular formula is C26H19F4N3O3. The van der Waals surface area contributed by atoms with Crippen molar-refractivity contribution in [1.29, 1.82) is 0 Å². The van der Waals surface area contributed by atoms with Gasteiger partial charge in [-0.05, 0) is 42.3 Å². The molecule has 0 fully saturated rings. The van der Waals surface area contributed by atoms with Gasteiger partial charge in [-0.25, -0.2) is 4.39 Å². The summed E-state index contributed by atoms with van der Waals surface area (Å²) in [7, 11) is 0. The van der Waals surface area contributed by atoms with Crippen LogP contribution in [0.4, 0.5) is 17.6 Å². The molecule has 4 aromatic rings. The lowest BCUT2D eigenvalue weighted by atomic mass is 9.87. The molecule has 0 saturated heterocycles. The highest BCUT2D eigenvalue weighted by Crippen LogP contribution is 2.42. The summed E-state index contributed by atoms with van der Waals surface area (Å²) in [6.07, 6.45) is 1.40. The van der Waals surface area contributed by atoms with Crippen LogP contribution in [0, 0.1) is 0 Å². The Morgan fingerprint density at radius 3 is 2.78 bits per heavy atom. The van der Waals surface area contributed by atoms with Gasteiger partial charge in [0.1, 0.15) is 5.83 Å². The molecule has 0 amide bonds. The smallest absolute Gasteiger partial charge is 0.416 e. The second-order valence-corrected chi connectivity index (χ2v) is 8.38. The number of carbonyl (C=O) groups is 1. The molecule has 1 N–H and O–H groups in total. The third-order valence-corrected chi connectivity index (χ3v) is 6.12. The van der Waals surface area contributed by atoms with Crippen LogP contribution >= 0.6 is 0 Å². The number of hydrogen-bond donors (Lipinski definition) is 1. The van der Waals surface area contributed by atoms with Crippen LogP contribution in [0.2, 0.25) is 0 Å². The maximum atomic E-state index is 14.3. The van der Waals surface area contributed by atoms with Gasteiger partial charge in [0.25, 0.3) is 5.89 Å². The number of carboxylic acids is 1. The lowest BCUT2D eigenvalue weighted by Crippen LogP contribution is -2.13. The van der Waals surface area contributed by atoms with E-state index in [4.69, 9.17) is 9.63 Å². The van der Waals surface area contributed by atoms with Gasteiger partial charge in [0, 0.05) is 40.7 Å².